The van der Waals surface area contributed by atoms with Crippen LogP contribution in [0.15, 0.2) is 24.3 Å². The molecule has 0 radical (unpaired) electrons. The molecule has 0 amide bonds. The van der Waals surface area contributed by atoms with Gasteiger partial charge < -0.3 is 14.2 Å². The molecule has 0 fully saturated rings. The van der Waals surface area contributed by atoms with Crippen LogP contribution in [0.2, 0.25) is 0 Å². The Kier molecular flexibility index (Phi) is 61.6. The number of unbranched alkanes of at least 4 members (excludes halogenated alkanes) is 47. The topological polar surface area (TPSA) is 78.9 Å². The Hall–Kier alpha value is -2.11. The van der Waals surface area contributed by atoms with Crippen molar-refractivity contribution in [1.29, 1.82) is 0 Å². The molecule has 0 aromatic rings. The van der Waals surface area contributed by atoms with Crippen LogP contribution in [0.3, 0.4) is 0 Å². The van der Waals surface area contributed by atoms with E-state index in [1.807, 2.05) is 0 Å². The highest BCUT2D eigenvalue weighted by Crippen LogP contribution is 2.18. The highest BCUT2D eigenvalue weighted by Gasteiger charge is 2.19. The second-order valence-electron chi connectivity index (χ2n) is 22.7. The van der Waals surface area contributed by atoms with Crippen molar-refractivity contribution in [2.45, 2.75) is 380 Å². The van der Waals surface area contributed by atoms with Gasteiger partial charge in [-0.3, -0.25) is 14.4 Å². The number of esters is 3. The maximum atomic E-state index is 12.8. The molecule has 0 rings (SSSR count). The van der Waals surface area contributed by atoms with E-state index in [0.29, 0.717) is 19.3 Å². The Morgan fingerprint density at radius 2 is 0.446 bits per heavy atom. The molecule has 0 aliphatic rings. The van der Waals surface area contributed by atoms with Crippen molar-refractivity contribution in [3.05, 3.63) is 24.3 Å². The summed E-state index contributed by atoms with van der Waals surface area (Å²) in [4.78, 5) is 38.1. The molecule has 1 unspecified atom stereocenters. The van der Waals surface area contributed by atoms with E-state index < -0.39 is 6.10 Å². The summed E-state index contributed by atoms with van der Waals surface area (Å²) in [5, 5.41) is 0. The third-order valence-electron chi connectivity index (χ3n) is 15.2. The number of allylic oxidation sites excluding steroid dienone is 4. The third kappa shape index (κ3) is 60.8. The smallest absolute Gasteiger partial charge is 0.306 e. The molecule has 0 spiro atoms. The summed E-state index contributed by atoms with van der Waals surface area (Å²) in [6.07, 6.45) is 76.6. The van der Waals surface area contributed by atoms with Crippen LogP contribution in [0, 0.1) is 0 Å². The molecule has 0 saturated carbocycles. The lowest BCUT2D eigenvalue weighted by Gasteiger charge is -2.18. The van der Waals surface area contributed by atoms with Crippen molar-refractivity contribution >= 4 is 17.9 Å². The normalized spacial score (nSPS) is 12.1. The van der Waals surface area contributed by atoms with Crippen LogP contribution in [-0.4, -0.2) is 37.2 Å². The van der Waals surface area contributed by atoms with Gasteiger partial charge in [-0.2, -0.15) is 0 Å². The quantitative estimate of drug-likeness (QED) is 0.0261. The van der Waals surface area contributed by atoms with Crippen LogP contribution < -0.4 is 0 Å². The van der Waals surface area contributed by atoms with Crippen molar-refractivity contribution < 1.29 is 28.6 Å². The number of carbonyl (C=O) groups excluding carboxylic acids is 3. The molecule has 436 valence electrons. The molecule has 0 aromatic carbocycles. The lowest BCUT2D eigenvalue weighted by Crippen LogP contribution is -2.30. The van der Waals surface area contributed by atoms with Gasteiger partial charge in [-0.1, -0.05) is 308 Å². The molecule has 6 heteroatoms. The number of ether oxygens (including phenoxy) is 3. The van der Waals surface area contributed by atoms with Crippen LogP contribution in [0.4, 0.5) is 0 Å². The van der Waals surface area contributed by atoms with Gasteiger partial charge in [-0.25, -0.2) is 0 Å². The Balaban J connectivity index is 4.01. The SMILES string of the molecule is CCCCCCCC/C=C\CCCCCCCCCC(=O)OC(COC(=O)CCCCCCCCCC)COC(=O)CCCCCCCCCCCCCCCCCCCCC/C=C\CCCCCCCCCC. The monoisotopic (exact) mass is 1040 g/mol. The minimum atomic E-state index is -0.768. The lowest BCUT2D eigenvalue weighted by atomic mass is 10.0. The van der Waals surface area contributed by atoms with Crippen LogP contribution >= 0.6 is 0 Å². The van der Waals surface area contributed by atoms with Crippen molar-refractivity contribution in [1.82, 2.24) is 0 Å². The summed E-state index contributed by atoms with van der Waals surface area (Å²) < 4.78 is 16.9. The molecular formula is C68H128O6. The zero-order valence-corrected chi connectivity index (χ0v) is 50.1. The van der Waals surface area contributed by atoms with Crippen molar-refractivity contribution in [3.63, 3.8) is 0 Å². The van der Waals surface area contributed by atoms with E-state index in [9.17, 15) is 14.4 Å². The minimum absolute atomic E-state index is 0.0676. The van der Waals surface area contributed by atoms with Crippen molar-refractivity contribution in [2.75, 3.05) is 13.2 Å². The van der Waals surface area contributed by atoms with Gasteiger partial charge >= 0.3 is 17.9 Å². The Morgan fingerprint density at radius 3 is 0.676 bits per heavy atom. The fraction of sp³-hybridized carbons (Fsp3) is 0.897. The molecule has 0 aromatic heterocycles. The molecule has 0 aliphatic heterocycles. The molecule has 0 aliphatic carbocycles. The lowest BCUT2D eigenvalue weighted by molar-refractivity contribution is -0.167. The Morgan fingerprint density at radius 1 is 0.257 bits per heavy atom. The van der Waals surface area contributed by atoms with Crippen LogP contribution in [0.1, 0.15) is 374 Å². The number of hydrogen-bond acceptors (Lipinski definition) is 6. The molecule has 0 saturated heterocycles. The van der Waals surface area contributed by atoms with Gasteiger partial charge in [0, 0.05) is 19.3 Å². The van der Waals surface area contributed by atoms with E-state index in [-0.39, 0.29) is 31.1 Å². The predicted molar refractivity (Wildman–Crippen MR) is 321 cm³/mol. The maximum absolute atomic E-state index is 12.8. The molecule has 0 bridgehead atoms. The minimum Gasteiger partial charge on any atom is -0.462 e. The van der Waals surface area contributed by atoms with Gasteiger partial charge in [-0.05, 0) is 70.6 Å². The van der Waals surface area contributed by atoms with Gasteiger partial charge in [-0.15, -0.1) is 0 Å². The molecule has 0 heterocycles. The van der Waals surface area contributed by atoms with E-state index in [1.54, 1.807) is 0 Å². The van der Waals surface area contributed by atoms with Gasteiger partial charge in [0.2, 0.25) is 0 Å². The maximum Gasteiger partial charge on any atom is 0.306 e. The van der Waals surface area contributed by atoms with E-state index in [1.165, 1.54) is 276 Å². The van der Waals surface area contributed by atoms with E-state index >= 15 is 0 Å². The van der Waals surface area contributed by atoms with E-state index in [2.05, 4.69) is 45.1 Å². The summed E-state index contributed by atoms with van der Waals surface area (Å²) in [7, 11) is 0. The highest BCUT2D eigenvalue weighted by atomic mass is 16.6. The summed E-state index contributed by atoms with van der Waals surface area (Å²) >= 11 is 0. The average molecular weight is 1040 g/mol. The summed E-state index contributed by atoms with van der Waals surface area (Å²) in [6, 6.07) is 0. The van der Waals surface area contributed by atoms with Gasteiger partial charge in [0.1, 0.15) is 13.2 Å². The molecule has 1 atom stereocenters. The van der Waals surface area contributed by atoms with Crippen molar-refractivity contribution in [3.8, 4) is 0 Å². The standard InChI is InChI=1S/C68H128O6/c1-4-7-10-13-16-19-21-23-25-27-28-29-30-31-32-33-34-35-36-37-38-39-40-42-43-45-47-49-52-55-58-61-67(70)73-64-65(63-72-66(69)60-57-54-51-18-15-12-9-6-3)74-68(71)62-59-56-53-50-48-46-44-41-26-24-22-20-17-14-11-8-5-2/h24,26-28,65H,4-23,25,29-64H2,1-3H3/b26-24-,28-27-. The predicted octanol–water partition coefficient (Wildman–Crippen LogP) is 22.6. The first-order valence-electron chi connectivity index (χ1n) is 33.3. The van der Waals surface area contributed by atoms with E-state index in [4.69, 9.17) is 14.2 Å². The third-order valence-corrected chi connectivity index (χ3v) is 15.2. The van der Waals surface area contributed by atoms with Gasteiger partial charge in [0.15, 0.2) is 6.10 Å². The fourth-order valence-corrected chi connectivity index (χ4v) is 10.1. The van der Waals surface area contributed by atoms with Crippen LogP contribution in [0.5, 0.6) is 0 Å². The highest BCUT2D eigenvalue weighted by molar-refractivity contribution is 5.71. The van der Waals surface area contributed by atoms with Crippen molar-refractivity contribution in [2.24, 2.45) is 0 Å². The second-order valence-corrected chi connectivity index (χ2v) is 22.7. The number of hydrogen-bond donors (Lipinski definition) is 0. The van der Waals surface area contributed by atoms with E-state index in [0.717, 1.165) is 57.8 Å². The molecule has 0 N–H and O–H groups in total. The Bertz CT molecular complexity index is 1190. The number of carbonyl (C=O) groups is 3. The van der Waals surface area contributed by atoms with Crippen LogP contribution in [-0.2, 0) is 28.6 Å². The molecule has 6 nitrogen and oxygen atoms in total. The number of rotatable bonds is 62. The fourth-order valence-electron chi connectivity index (χ4n) is 10.1. The summed E-state index contributed by atoms with van der Waals surface area (Å²) in [5.74, 6) is -0.852. The second kappa shape index (κ2) is 63.4. The summed E-state index contributed by atoms with van der Waals surface area (Å²) in [6.45, 7) is 6.66. The molecule has 74 heavy (non-hydrogen) atoms. The van der Waals surface area contributed by atoms with Crippen LogP contribution in [0.25, 0.3) is 0 Å². The zero-order valence-electron chi connectivity index (χ0n) is 50.1. The zero-order chi connectivity index (χ0) is 53.6. The van der Waals surface area contributed by atoms with Gasteiger partial charge in [0.25, 0.3) is 0 Å². The average Bonchev–Trinajstić information content (AvgIpc) is 3.40. The first-order valence-corrected chi connectivity index (χ1v) is 33.3. The Labute approximate surface area is 462 Å². The van der Waals surface area contributed by atoms with Gasteiger partial charge in [0.05, 0.1) is 0 Å². The largest absolute Gasteiger partial charge is 0.462 e. The summed E-state index contributed by atoms with van der Waals surface area (Å²) in [5.41, 5.74) is 0. The molecular weight excluding hydrogens is 913 g/mol. The first kappa shape index (κ1) is 71.9. The first-order chi connectivity index (χ1) is 36.5.